The summed E-state index contributed by atoms with van der Waals surface area (Å²) in [6.45, 7) is 11.0. The van der Waals surface area contributed by atoms with Crippen LogP contribution in [-0.4, -0.2) is 61.5 Å². The number of aliphatic hydroxyl groups is 1. The summed E-state index contributed by atoms with van der Waals surface area (Å²) in [5, 5.41) is 10.8. The largest absolute Gasteiger partial charge is 1.00 e. The van der Waals surface area contributed by atoms with Gasteiger partial charge in [-0.15, -0.1) is 0 Å². The third-order valence-corrected chi connectivity index (χ3v) is 4.21. The van der Waals surface area contributed by atoms with Crippen LogP contribution < -0.4 is 17.3 Å². The maximum Gasteiger partial charge on any atom is 0.0900 e. The minimum absolute atomic E-state index is 0. The number of nitrogens with zero attached hydrogens (tertiary/aromatic N) is 2. The molecule has 0 saturated carbocycles. The minimum Gasteiger partial charge on any atom is -1.00 e. The number of anilines is 1. The average molecular weight is 362 g/mol. The van der Waals surface area contributed by atoms with E-state index in [9.17, 15) is 5.11 Å². The van der Waals surface area contributed by atoms with Gasteiger partial charge in [-0.05, 0) is 38.5 Å². The Morgan fingerprint density at radius 1 is 1.22 bits per heavy atom. The Kier molecular flexibility index (Phi) is 8.65. The van der Waals surface area contributed by atoms with E-state index in [1.807, 2.05) is 26.0 Å². The fourth-order valence-corrected chi connectivity index (χ4v) is 2.92. The van der Waals surface area contributed by atoms with Gasteiger partial charge in [-0.2, -0.15) is 0 Å². The maximum absolute atomic E-state index is 10.0. The lowest BCUT2D eigenvalue weighted by Gasteiger charge is -2.37. The van der Waals surface area contributed by atoms with Crippen LogP contribution in [0, 0.1) is 6.92 Å². The van der Waals surface area contributed by atoms with E-state index in [-0.39, 0.29) is 18.5 Å². The Labute approximate surface area is 150 Å². The number of ether oxygens (including phenoxy) is 1. The van der Waals surface area contributed by atoms with Crippen molar-refractivity contribution < 1.29 is 22.3 Å². The standard InChI is InChI=1S/C17H27ClN2O2.ClH/c1-13(2)22-12-16(21)11-19-6-8-20(9-7-19)17-10-15(18)5-4-14(17)3;/h4-5,10,13,16,21H,6-9,11-12H2,1-3H3;1H/p-1. The normalized spacial score (nSPS) is 17.2. The van der Waals surface area contributed by atoms with E-state index in [0.717, 1.165) is 31.2 Å². The van der Waals surface area contributed by atoms with E-state index in [1.54, 1.807) is 0 Å². The molecule has 1 heterocycles. The molecule has 0 bridgehead atoms. The number of benzene rings is 1. The average Bonchev–Trinajstić information content (AvgIpc) is 2.48. The molecule has 0 aliphatic carbocycles. The van der Waals surface area contributed by atoms with Crippen molar-refractivity contribution in [3.63, 3.8) is 0 Å². The highest BCUT2D eigenvalue weighted by Gasteiger charge is 2.20. The zero-order valence-electron chi connectivity index (χ0n) is 14.1. The molecule has 1 aromatic carbocycles. The van der Waals surface area contributed by atoms with E-state index in [2.05, 4.69) is 22.8 Å². The molecule has 1 N–H and O–H groups in total. The van der Waals surface area contributed by atoms with Gasteiger partial charge in [-0.1, -0.05) is 17.7 Å². The van der Waals surface area contributed by atoms with E-state index >= 15 is 0 Å². The summed E-state index contributed by atoms with van der Waals surface area (Å²) in [5.74, 6) is 0. The van der Waals surface area contributed by atoms with Crippen LogP contribution in [0.25, 0.3) is 0 Å². The van der Waals surface area contributed by atoms with Crippen molar-refractivity contribution in [2.75, 3.05) is 44.2 Å². The van der Waals surface area contributed by atoms with E-state index < -0.39 is 6.10 Å². The molecule has 0 aromatic heterocycles. The Morgan fingerprint density at radius 3 is 2.48 bits per heavy atom. The molecule has 1 fully saturated rings. The number of aliphatic hydroxyl groups excluding tert-OH is 1. The molecule has 0 spiro atoms. The molecular formula is C17H27Cl2N2O2-. The Morgan fingerprint density at radius 2 is 1.87 bits per heavy atom. The molecule has 0 amide bonds. The van der Waals surface area contributed by atoms with Crippen LogP contribution in [0.3, 0.4) is 0 Å². The first kappa shape index (κ1) is 20.5. The van der Waals surface area contributed by atoms with Gasteiger partial charge >= 0.3 is 0 Å². The van der Waals surface area contributed by atoms with Crippen molar-refractivity contribution in [2.24, 2.45) is 0 Å². The lowest BCUT2D eigenvalue weighted by Crippen LogP contribution is -3.00. The van der Waals surface area contributed by atoms with E-state index in [0.29, 0.717) is 13.2 Å². The highest BCUT2D eigenvalue weighted by Crippen LogP contribution is 2.25. The van der Waals surface area contributed by atoms with Gasteiger partial charge in [-0.3, -0.25) is 4.90 Å². The third-order valence-electron chi connectivity index (χ3n) is 3.98. The number of piperazine rings is 1. The molecule has 1 aliphatic heterocycles. The second-order valence-electron chi connectivity index (χ2n) is 6.25. The number of hydrogen-bond acceptors (Lipinski definition) is 4. The number of β-amino-alcohol motifs (C(OH)–C–C–N with tert-alkyl or cyclic N) is 1. The molecule has 1 aliphatic rings. The summed E-state index contributed by atoms with van der Waals surface area (Å²) >= 11 is 6.11. The smallest absolute Gasteiger partial charge is 0.0900 e. The van der Waals surface area contributed by atoms with Gasteiger partial charge in [0.05, 0.1) is 18.8 Å². The summed E-state index contributed by atoms with van der Waals surface area (Å²) in [7, 11) is 0. The van der Waals surface area contributed by atoms with Crippen molar-refractivity contribution >= 4 is 17.3 Å². The first-order valence-electron chi connectivity index (χ1n) is 7.99. The highest BCUT2D eigenvalue weighted by molar-refractivity contribution is 6.30. The minimum atomic E-state index is -0.415. The zero-order chi connectivity index (χ0) is 16.1. The lowest BCUT2D eigenvalue weighted by atomic mass is 10.1. The van der Waals surface area contributed by atoms with Crippen LogP contribution in [0.4, 0.5) is 5.69 Å². The topological polar surface area (TPSA) is 35.9 Å². The number of halogens is 2. The molecule has 1 atom stereocenters. The van der Waals surface area contributed by atoms with Gasteiger partial charge < -0.3 is 27.2 Å². The first-order valence-corrected chi connectivity index (χ1v) is 8.36. The quantitative estimate of drug-likeness (QED) is 0.745. The van der Waals surface area contributed by atoms with Crippen molar-refractivity contribution in [1.82, 2.24) is 4.90 Å². The fourth-order valence-electron chi connectivity index (χ4n) is 2.75. The van der Waals surface area contributed by atoms with Gasteiger partial charge in [0, 0.05) is 43.4 Å². The molecule has 0 radical (unpaired) electrons. The molecule has 2 rings (SSSR count). The molecule has 132 valence electrons. The fraction of sp³-hybridized carbons (Fsp3) is 0.647. The number of hydrogen-bond donors (Lipinski definition) is 1. The molecule has 4 nitrogen and oxygen atoms in total. The zero-order valence-corrected chi connectivity index (χ0v) is 15.6. The predicted octanol–water partition coefficient (Wildman–Crippen LogP) is -0.440. The summed E-state index contributed by atoms with van der Waals surface area (Å²) < 4.78 is 5.46. The van der Waals surface area contributed by atoms with Crippen molar-refractivity contribution in [3.8, 4) is 0 Å². The monoisotopic (exact) mass is 361 g/mol. The molecule has 1 saturated heterocycles. The Balaban J connectivity index is 0.00000264. The van der Waals surface area contributed by atoms with Gasteiger partial charge in [0.2, 0.25) is 0 Å². The van der Waals surface area contributed by atoms with E-state index in [1.165, 1.54) is 11.3 Å². The molecule has 1 unspecified atom stereocenters. The molecule has 1 aromatic rings. The van der Waals surface area contributed by atoms with Gasteiger partial charge in [0.1, 0.15) is 0 Å². The SMILES string of the molecule is Cc1ccc(Cl)cc1N1CCN(CC(O)COC(C)C)CC1.[Cl-]. The summed E-state index contributed by atoms with van der Waals surface area (Å²) in [6, 6.07) is 6.04. The van der Waals surface area contributed by atoms with Gasteiger partial charge in [0.25, 0.3) is 0 Å². The van der Waals surface area contributed by atoms with Gasteiger partial charge in [0.15, 0.2) is 0 Å². The van der Waals surface area contributed by atoms with Crippen LogP contribution in [0.1, 0.15) is 19.4 Å². The second kappa shape index (κ2) is 9.70. The number of rotatable bonds is 6. The van der Waals surface area contributed by atoms with Crippen molar-refractivity contribution in [1.29, 1.82) is 0 Å². The molecular weight excluding hydrogens is 335 g/mol. The summed E-state index contributed by atoms with van der Waals surface area (Å²) in [6.07, 6.45) is -0.251. The van der Waals surface area contributed by atoms with Gasteiger partial charge in [-0.25, -0.2) is 0 Å². The highest BCUT2D eigenvalue weighted by atomic mass is 35.5. The first-order chi connectivity index (χ1) is 10.5. The van der Waals surface area contributed by atoms with Crippen LogP contribution in [0.2, 0.25) is 5.02 Å². The molecule has 23 heavy (non-hydrogen) atoms. The van der Waals surface area contributed by atoms with Crippen molar-refractivity contribution in [2.45, 2.75) is 33.0 Å². The maximum atomic E-state index is 10.0. The summed E-state index contributed by atoms with van der Waals surface area (Å²) in [4.78, 5) is 4.67. The van der Waals surface area contributed by atoms with Crippen LogP contribution >= 0.6 is 11.6 Å². The second-order valence-corrected chi connectivity index (χ2v) is 6.69. The molecule has 6 heteroatoms. The third kappa shape index (κ3) is 6.48. The van der Waals surface area contributed by atoms with E-state index in [4.69, 9.17) is 16.3 Å². The van der Waals surface area contributed by atoms with Crippen molar-refractivity contribution in [3.05, 3.63) is 28.8 Å². The van der Waals surface area contributed by atoms with Crippen LogP contribution in [0.5, 0.6) is 0 Å². The Bertz CT molecular complexity index is 478. The predicted molar refractivity (Wildman–Crippen MR) is 91.9 cm³/mol. The number of aryl methyl sites for hydroxylation is 1. The Hall–Kier alpha value is -0.520. The lowest BCUT2D eigenvalue weighted by molar-refractivity contribution is -0.00899. The summed E-state index contributed by atoms with van der Waals surface area (Å²) in [5.41, 5.74) is 2.47. The van der Waals surface area contributed by atoms with Crippen LogP contribution in [-0.2, 0) is 4.74 Å². The van der Waals surface area contributed by atoms with Crippen LogP contribution in [0.15, 0.2) is 18.2 Å².